The third-order valence-electron chi connectivity index (χ3n) is 2.47. The van der Waals surface area contributed by atoms with Gasteiger partial charge in [-0.25, -0.2) is 0 Å². The Bertz CT molecular complexity index is 462. The second kappa shape index (κ2) is 4.04. The molecule has 1 aromatic heterocycles. The van der Waals surface area contributed by atoms with Gasteiger partial charge in [-0.15, -0.1) is 0 Å². The van der Waals surface area contributed by atoms with Crippen LogP contribution in [-0.4, -0.2) is 13.7 Å². The second-order valence-electron chi connectivity index (χ2n) is 3.70. The minimum absolute atomic E-state index is 0.193. The molecule has 0 spiro atoms. The third kappa shape index (κ3) is 1.89. The fourth-order valence-electron chi connectivity index (χ4n) is 1.67. The highest BCUT2D eigenvalue weighted by Gasteiger charge is 2.12. The van der Waals surface area contributed by atoms with E-state index in [1.807, 2.05) is 31.2 Å². The Morgan fingerprint density at radius 3 is 2.93 bits per heavy atom. The maximum Gasteiger partial charge on any atom is 0.137 e. The fourth-order valence-corrected chi connectivity index (χ4v) is 1.67. The molecule has 80 valence electrons. The van der Waals surface area contributed by atoms with Crippen LogP contribution >= 0.6 is 0 Å². The summed E-state index contributed by atoms with van der Waals surface area (Å²) >= 11 is 0. The lowest BCUT2D eigenvalue weighted by Gasteiger charge is -2.05. The first-order chi connectivity index (χ1) is 7.22. The zero-order chi connectivity index (χ0) is 10.8. The number of rotatable bonds is 3. The van der Waals surface area contributed by atoms with Crippen molar-refractivity contribution in [3.8, 4) is 0 Å². The molecule has 3 heteroatoms. The largest absolute Gasteiger partial charge is 0.459 e. The molecule has 0 radical (unpaired) electrons. The van der Waals surface area contributed by atoms with Gasteiger partial charge in [0.2, 0.25) is 0 Å². The van der Waals surface area contributed by atoms with Gasteiger partial charge in [0, 0.05) is 12.5 Å². The van der Waals surface area contributed by atoms with E-state index in [0.29, 0.717) is 6.61 Å². The molecular formula is C12H15NO2. The van der Waals surface area contributed by atoms with E-state index in [1.165, 1.54) is 0 Å². The number of hydrogen-bond acceptors (Lipinski definition) is 3. The van der Waals surface area contributed by atoms with Crippen LogP contribution in [0, 0.1) is 6.92 Å². The van der Waals surface area contributed by atoms with Gasteiger partial charge in [-0.2, -0.15) is 0 Å². The smallest absolute Gasteiger partial charge is 0.137 e. The lowest BCUT2D eigenvalue weighted by atomic mass is 10.1. The fraction of sp³-hybridized carbons (Fsp3) is 0.333. The van der Waals surface area contributed by atoms with Gasteiger partial charge in [0.05, 0.1) is 12.6 Å². The number of furan rings is 1. The molecule has 1 atom stereocenters. The van der Waals surface area contributed by atoms with E-state index in [-0.39, 0.29) is 6.04 Å². The van der Waals surface area contributed by atoms with E-state index in [0.717, 1.165) is 22.3 Å². The van der Waals surface area contributed by atoms with Crippen molar-refractivity contribution >= 4 is 11.0 Å². The molecule has 0 saturated heterocycles. The number of para-hydroxylation sites is 1. The lowest BCUT2D eigenvalue weighted by Crippen LogP contribution is -2.14. The SMILES string of the molecule is COCC(N)c1cc2cccc(C)c2o1. The molecule has 2 N–H and O–H groups in total. The Morgan fingerprint density at radius 2 is 2.27 bits per heavy atom. The van der Waals surface area contributed by atoms with Crippen LogP contribution in [0.5, 0.6) is 0 Å². The zero-order valence-electron chi connectivity index (χ0n) is 8.99. The Hall–Kier alpha value is -1.32. The van der Waals surface area contributed by atoms with Crippen LogP contribution < -0.4 is 5.73 Å². The molecule has 2 rings (SSSR count). The first kappa shape index (κ1) is 10.2. The summed E-state index contributed by atoms with van der Waals surface area (Å²) in [6.07, 6.45) is 0. The Morgan fingerprint density at radius 1 is 1.47 bits per heavy atom. The highest BCUT2D eigenvalue weighted by atomic mass is 16.5. The maximum absolute atomic E-state index is 5.90. The van der Waals surface area contributed by atoms with Crippen molar-refractivity contribution in [1.29, 1.82) is 0 Å². The molecule has 2 aromatic rings. The zero-order valence-corrected chi connectivity index (χ0v) is 8.99. The molecule has 0 aliphatic carbocycles. The average molecular weight is 205 g/mol. The molecule has 0 fully saturated rings. The third-order valence-corrected chi connectivity index (χ3v) is 2.47. The minimum atomic E-state index is -0.193. The minimum Gasteiger partial charge on any atom is -0.459 e. The van der Waals surface area contributed by atoms with E-state index in [4.69, 9.17) is 14.9 Å². The summed E-state index contributed by atoms with van der Waals surface area (Å²) < 4.78 is 10.7. The van der Waals surface area contributed by atoms with Crippen molar-refractivity contribution in [3.63, 3.8) is 0 Å². The summed E-state index contributed by atoms with van der Waals surface area (Å²) in [5.41, 5.74) is 7.94. The number of hydrogen-bond donors (Lipinski definition) is 1. The number of nitrogens with two attached hydrogens (primary N) is 1. The first-order valence-corrected chi connectivity index (χ1v) is 4.96. The van der Waals surface area contributed by atoms with Crippen LogP contribution in [0.25, 0.3) is 11.0 Å². The van der Waals surface area contributed by atoms with Crippen LogP contribution in [0.2, 0.25) is 0 Å². The number of fused-ring (bicyclic) bond motifs is 1. The molecule has 15 heavy (non-hydrogen) atoms. The van der Waals surface area contributed by atoms with Crippen LogP contribution in [0.1, 0.15) is 17.4 Å². The van der Waals surface area contributed by atoms with Gasteiger partial charge < -0.3 is 14.9 Å². The van der Waals surface area contributed by atoms with Crippen molar-refractivity contribution < 1.29 is 9.15 Å². The maximum atomic E-state index is 5.90. The molecule has 1 unspecified atom stereocenters. The van der Waals surface area contributed by atoms with E-state index >= 15 is 0 Å². The molecular weight excluding hydrogens is 190 g/mol. The molecule has 0 amide bonds. The van der Waals surface area contributed by atoms with Gasteiger partial charge in [0.25, 0.3) is 0 Å². The Balaban J connectivity index is 2.43. The first-order valence-electron chi connectivity index (χ1n) is 4.96. The summed E-state index contributed by atoms with van der Waals surface area (Å²) in [5.74, 6) is 0.779. The van der Waals surface area contributed by atoms with Gasteiger partial charge in [-0.1, -0.05) is 18.2 Å². The topological polar surface area (TPSA) is 48.4 Å². The summed E-state index contributed by atoms with van der Waals surface area (Å²) in [4.78, 5) is 0. The molecule has 1 heterocycles. The predicted octanol–water partition coefficient (Wildman–Crippen LogP) is 2.39. The molecule has 3 nitrogen and oxygen atoms in total. The molecule has 1 aromatic carbocycles. The number of aryl methyl sites for hydroxylation is 1. The second-order valence-corrected chi connectivity index (χ2v) is 3.70. The van der Waals surface area contributed by atoms with E-state index in [2.05, 4.69) is 0 Å². The van der Waals surface area contributed by atoms with Crippen molar-refractivity contribution in [3.05, 3.63) is 35.6 Å². The van der Waals surface area contributed by atoms with Gasteiger partial charge in [0.1, 0.15) is 11.3 Å². The summed E-state index contributed by atoms with van der Waals surface area (Å²) in [6, 6.07) is 7.85. The van der Waals surface area contributed by atoms with Gasteiger partial charge in [-0.05, 0) is 18.6 Å². The van der Waals surface area contributed by atoms with Crippen molar-refractivity contribution in [2.24, 2.45) is 5.73 Å². The number of methoxy groups -OCH3 is 1. The predicted molar refractivity (Wildman–Crippen MR) is 59.8 cm³/mol. The quantitative estimate of drug-likeness (QED) is 0.836. The molecule has 0 aliphatic heterocycles. The Kier molecular flexibility index (Phi) is 2.75. The number of ether oxygens (including phenoxy) is 1. The summed E-state index contributed by atoms with van der Waals surface area (Å²) in [7, 11) is 1.63. The highest BCUT2D eigenvalue weighted by molar-refractivity contribution is 5.80. The van der Waals surface area contributed by atoms with Crippen LogP contribution in [0.3, 0.4) is 0 Å². The molecule has 0 saturated carbocycles. The molecule has 0 aliphatic rings. The van der Waals surface area contributed by atoms with Crippen molar-refractivity contribution in [2.75, 3.05) is 13.7 Å². The van der Waals surface area contributed by atoms with Gasteiger partial charge >= 0.3 is 0 Å². The van der Waals surface area contributed by atoms with E-state index in [9.17, 15) is 0 Å². The summed E-state index contributed by atoms with van der Waals surface area (Å²) in [6.45, 7) is 2.50. The standard InChI is InChI=1S/C12H15NO2/c1-8-4-3-5-9-6-11(15-12(8)9)10(13)7-14-2/h3-6,10H,7,13H2,1-2H3. The highest BCUT2D eigenvalue weighted by Crippen LogP contribution is 2.25. The lowest BCUT2D eigenvalue weighted by molar-refractivity contribution is 0.173. The average Bonchev–Trinajstić information content (AvgIpc) is 2.63. The number of benzene rings is 1. The van der Waals surface area contributed by atoms with Gasteiger partial charge in [0.15, 0.2) is 0 Å². The van der Waals surface area contributed by atoms with Crippen LogP contribution in [-0.2, 0) is 4.74 Å². The van der Waals surface area contributed by atoms with Crippen LogP contribution in [0.4, 0.5) is 0 Å². The van der Waals surface area contributed by atoms with Crippen molar-refractivity contribution in [2.45, 2.75) is 13.0 Å². The van der Waals surface area contributed by atoms with E-state index < -0.39 is 0 Å². The monoisotopic (exact) mass is 205 g/mol. The van der Waals surface area contributed by atoms with Crippen molar-refractivity contribution in [1.82, 2.24) is 0 Å². The molecule has 0 bridgehead atoms. The van der Waals surface area contributed by atoms with Gasteiger partial charge in [-0.3, -0.25) is 0 Å². The normalized spacial score (nSPS) is 13.3. The van der Waals surface area contributed by atoms with E-state index in [1.54, 1.807) is 7.11 Å². The summed E-state index contributed by atoms with van der Waals surface area (Å²) in [5, 5.41) is 1.09. The Labute approximate surface area is 88.8 Å². The van der Waals surface area contributed by atoms with Crippen LogP contribution in [0.15, 0.2) is 28.7 Å².